The molecule has 0 saturated carbocycles. The number of hydrogen-bond donors (Lipinski definition) is 3. The highest BCUT2D eigenvalue weighted by Gasteiger charge is 2.20. The van der Waals surface area contributed by atoms with Crippen molar-refractivity contribution in [2.45, 2.75) is 46.7 Å². The molecule has 0 radical (unpaired) electrons. The third-order valence-electron chi connectivity index (χ3n) is 4.49. The average Bonchev–Trinajstić information content (AvgIpc) is 2.63. The van der Waals surface area contributed by atoms with Gasteiger partial charge in [0.2, 0.25) is 5.91 Å². The van der Waals surface area contributed by atoms with Gasteiger partial charge >= 0.3 is 0 Å². The number of guanidine groups is 1. The van der Waals surface area contributed by atoms with Crippen LogP contribution in [0.1, 0.15) is 39.7 Å². The molecule has 0 aromatic heterocycles. The number of benzene rings is 1. The first-order valence-corrected chi connectivity index (χ1v) is 9.71. The highest BCUT2D eigenvalue weighted by atomic mass is 16.2. The van der Waals surface area contributed by atoms with Gasteiger partial charge in [-0.3, -0.25) is 14.7 Å². The fourth-order valence-corrected chi connectivity index (χ4v) is 2.49. The minimum Gasteiger partial charge on any atom is -0.356 e. The number of nitrogens with zero attached hydrogens (tertiary/aromatic N) is 2. The Bertz CT molecular complexity index is 580. The smallest absolute Gasteiger partial charge is 0.225 e. The van der Waals surface area contributed by atoms with E-state index in [2.05, 4.69) is 64.1 Å². The molecule has 0 saturated heterocycles. The van der Waals surface area contributed by atoms with Gasteiger partial charge in [-0.25, -0.2) is 0 Å². The van der Waals surface area contributed by atoms with E-state index in [1.54, 1.807) is 7.05 Å². The number of nitrogens with one attached hydrogen (secondary N) is 3. The van der Waals surface area contributed by atoms with Crippen molar-refractivity contribution in [3.8, 4) is 0 Å². The van der Waals surface area contributed by atoms with Gasteiger partial charge in [-0.2, -0.15) is 0 Å². The summed E-state index contributed by atoms with van der Waals surface area (Å²) in [5.74, 6) is 0.820. The minimum absolute atomic E-state index is 0.0579. The second-order valence-electron chi connectivity index (χ2n) is 7.97. The molecule has 3 N–H and O–H groups in total. The standard InChI is InChI=1S/C21H37N5O/c1-17(26(6)16-18-10-8-7-9-11-18)12-13-24-20(22-5)25-15-14-23-19(27)21(2,3)4/h7-11,17H,12-16H2,1-6H3,(H,23,27)(H2,22,24,25). The molecule has 1 aromatic carbocycles. The Morgan fingerprint density at radius 3 is 2.26 bits per heavy atom. The van der Waals surface area contributed by atoms with Crippen LogP contribution in [0.4, 0.5) is 0 Å². The van der Waals surface area contributed by atoms with Gasteiger partial charge in [0.1, 0.15) is 0 Å². The molecule has 0 aliphatic rings. The Morgan fingerprint density at radius 1 is 1.07 bits per heavy atom. The van der Waals surface area contributed by atoms with Gasteiger partial charge in [-0.15, -0.1) is 0 Å². The van der Waals surface area contributed by atoms with Crippen LogP contribution in [-0.2, 0) is 11.3 Å². The number of carbonyl (C=O) groups is 1. The molecule has 0 heterocycles. The molecule has 1 amide bonds. The third-order valence-corrected chi connectivity index (χ3v) is 4.49. The van der Waals surface area contributed by atoms with Crippen molar-refractivity contribution in [3.05, 3.63) is 35.9 Å². The van der Waals surface area contributed by atoms with Gasteiger partial charge in [-0.1, -0.05) is 51.1 Å². The zero-order valence-corrected chi connectivity index (χ0v) is 17.8. The molecule has 1 unspecified atom stereocenters. The Balaban J connectivity index is 2.23. The number of carbonyl (C=O) groups excluding carboxylic acids is 1. The molecule has 0 fully saturated rings. The van der Waals surface area contributed by atoms with Crippen molar-refractivity contribution < 1.29 is 4.79 Å². The molecule has 152 valence electrons. The van der Waals surface area contributed by atoms with Gasteiger partial charge in [-0.05, 0) is 26.0 Å². The van der Waals surface area contributed by atoms with Crippen molar-refractivity contribution >= 4 is 11.9 Å². The van der Waals surface area contributed by atoms with Gasteiger partial charge in [0, 0.05) is 44.7 Å². The van der Waals surface area contributed by atoms with Crippen LogP contribution in [0.15, 0.2) is 35.3 Å². The highest BCUT2D eigenvalue weighted by Crippen LogP contribution is 2.11. The maximum Gasteiger partial charge on any atom is 0.225 e. The van der Waals surface area contributed by atoms with Crippen LogP contribution in [0.3, 0.4) is 0 Å². The van der Waals surface area contributed by atoms with Crippen molar-refractivity contribution in [2.24, 2.45) is 10.4 Å². The summed E-state index contributed by atoms with van der Waals surface area (Å²) in [6.07, 6.45) is 1.02. The molecule has 6 heteroatoms. The molecule has 1 rings (SSSR count). The quantitative estimate of drug-likeness (QED) is 0.352. The summed E-state index contributed by atoms with van der Waals surface area (Å²) in [6, 6.07) is 11.0. The molecule has 0 bridgehead atoms. The fourth-order valence-electron chi connectivity index (χ4n) is 2.49. The van der Waals surface area contributed by atoms with Crippen molar-refractivity contribution in [3.63, 3.8) is 0 Å². The lowest BCUT2D eigenvalue weighted by molar-refractivity contribution is -0.128. The summed E-state index contributed by atoms with van der Waals surface area (Å²) >= 11 is 0. The molecule has 0 aliphatic carbocycles. The van der Waals surface area contributed by atoms with E-state index in [0.29, 0.717) is 19.1 Å². The summed E-state index contributed by atoms with van der Waals surface area (Å²) in [5.41, 5.74) is 0.969. The number of rotatable bonds is 9. The van der Waals surface area contributed by atoms with Crippen molar-refractivity contribution in [1.82, 2.24) is 20.9 Å². The van der Waals surface area contributed by atoms with Crippen LogP contribution in [0.25, 0.3) is 0 Å². The monoisotopic (exact) mass is 375 g/mol. The van der Waals surface area contributed by atoms with E-state index in [0.717, 1.165) is 25.5 Å². The first-order chi connectivity index (χ1) is 12.7. The Hall–Kier alpha value is -2.08. The zero-order chi connectivity index (χ0) is 20.3. The number of amides is 1. The van der Waals surface area contributed by atoms with Crippen LogP contribution in [0.2, 0.25) is 0 Å². The predicted octanol–water partition coefficient (Wildman–Crippen LogP) is 2.22. The molecule has 6 nitrogen and oxygen atoms in total. The molecule has 0 spiro atoms. The lowest BCUT2D eigenvalue weighted by Gasteiger charge is -2.25. The van der Waals surface area contributed by atoms with E-state index in [4.69, 9.17) is 0 Å². The number of hydrogen-bond acceptors (Lipinski definition) is 3. The van der Waals surface area contributed by atoms with E-state index < -0.39 is 0 Å². The molecule has 1 aromatic rings. The summed E-state index contributed by atoms with van der Waals surface area (Å²) < 4.78 is 0. The maximum atomic E-state index is 11.8. The third kappa shape index (κ3) is 9.43. The molecular weight excluding hydrogens is 338 g/mol. The second-order valence-corrected chi connectivity index (χ2v) is 7.97. The Labute approximate surface area is 164 Å². The molecule has 27 heavy (non-hydrogen) atoms. The van der Waals surface area contributed by atoms with E-state index in [-0.39, 0.29) is 11.3 Å². The fraction of sp³-hybridized carbons (Fsp3) is 0.619. The summed E-state index contributed by atoms with van der Waals surface area (Å²) in [4.78, 5) is 18.4. The topological polar surface area (TPSA) is 68.8 Å². The van der Waals surface area contributed by atoms with Crippen molar-refractivity contribution in [1.29, 1.82) is 0 Å². The van der Waals surface area contributed by atoms with Crippen LogP contribution >= 0.6 is 0 Å². The van der Waals surface area contributed by atoms with E-state index in [1.807, 2.05) is 26.8 Å². The van der Waals surface area contributed by atoms with E-state index in [9.17, 15) is 4.79 Å². The summed E-state index contributed by atoms with van der Waals surface area (Å²) in [7, 11) is 3.91. The Kier molecular flexibility index (Phi) is 9.86. The molecule has 0 aliphatic heterocycles. The van der Waals surface area contributed by atoms with Gasteiger partial charge in [0.15, 0.2) is 5.96 Å². The zero-order valence-electron chi connectivity index (χ0n) is 17.8. The van der Waals surface area contributed by atoms with Crippen molar-refractivity contribution in [2.75, 3.05) is 33.7 Å². The summed E-state index contributed by atoms with van der Waals surface area (Å²) in [5, 5.41) is 9.49. The molecule has 1 atom stereocenters. The van der Waals surface area contributed by atoms with Gasteiger partial charge in [0.25, 0.3) is 0 Å². The van der Waals surface area contributed by atoms with Gasteiger partial charge < -0.3 is 16.0 Å². The highest BCUT2D eigenvalue weighted by molar-refractivity contribution is 5.81. The summed E-state index contributed by atoms with van der Waals surface area (Å²) in [6.45, 7) is 11.0. The SMILES string of the molecule is CN=C(NCCNC(=O)C(C)(C)C)NCCC(C)N(C)Cc1ccccc1. The lowest BCUT2D eigenvalue weighted by atomic mass is 9.96. The first kappa shape index (κ1) is 23.0. The minimum atomic E-state index is -0.359. The second kappa shape index (κ2) is 11.6. The predicted molar refractivity (Wildman–Crippen MR) is 114 cm³/mol. The Morgan fingerprint density at radius 2 is 1.67 bits per heavy atom. The van der Waals surface area contributed by atoms with Gasteiger partial charge in [0.05, 0.1) is 0 Å². The largest absolute Gasteiger partial charge is 0.356 e. The van der Waals surface area contributed by atoms with Crippen LogP contribution in [0.5, 0.6) is 0 Å². The van der Waals surface area contributed by atoms with Crippen LogP contribution in [-0.4, -0.2) is 56.5 Å². The van der Waals surface area contributed by atoms with E-state index in [1.165, 1.54) is 5.56 Å². The first-order valence-electron chi connectivity index (χ1n) is 9.71. The van der Waals surface area contributed by atoms with E-state index >= 15 is 0 Å². The molecular formula is C21H37N5O. The normalized spacial score (nSPS) is 13.4. The lowest BCUT2D eigenvalue weighted by Crippen LogP contribution is -2.44. The maximum absolute atomic E-state index is 11.8. The average molecular weight is 376 g/mol. The van der Waals surface area contributed by atoms with Crippen LogP contribution in [0, 0.1) is 5.41 Å². The number of aliphatic imine (C=N–C) groups is 1. The van der Waals surface area contributed by atoms with Crippen LogP contribution < -0.4 is 16.0 Å².